The van der Waals surface area contributed by atoms with Crippen molar-refractivity contribution in [3.8, 4) is 0 Å². The Balaban J connectivity index is 2.46. The fraction of sp³-hybridized carbons (Fsp3) is 0.923. The van der Waals surface area contributed by atoms with Crippen molar-refractivity contribution in [2.24, 2.45) is 17.3 Å². The molecule has 0 radical (unpaired) electrons. The van der Waals surface area contributed by atoms with Gasteiger partial charge >= 0.3 is 0 Å². The molecule has 0 N–H and O–H groups in total. The van der Waals surface area contributed by atoms with Crippen LogP contribution in [-0.2, 0) is 4.79 Å². The van der Waals surface area contributed by atoms with Gasteiger partial charge in [0.25, 0.3) is 0 Å². The zero-order chi connectivity index (χ0) is 11.5. The molecule has 0 spiro atoms. The first-order valence-electron chi connectivity index (χ1n) is 6.10. The molecule has 88 valence electrons. The van der Waals surface area contributed by atoms with Crippen LogP contribution >= 0.6 is 11.6 Å². The Hall–Kier alpha value is -0.0400. The van der Waals surface area contributed by atoms with Crippen molar-refractivity contribution in [3.63, 3.8) is 0 Å². The minimum absolute atomic E-state index is 0.201. The molecule has 0 bridgehead atoms. The van der Waals surface area contributed by atoms with E-state index in [4.69, 9.17) is 11.6 Å². The second kappa shape index (κ2) is 5.34. The van der Waals surface area contributed by atoms with Crippen molar-refractivity contribution in [1.82, 2.24) is 0 Å². The number of hydrogen-bond acceptors (Lipinski definition) is 1. The Morgan fingerprint density at radius 2 is 1.80 bits per heavy atom. The van der Waals surface area contributed by atoms with Gasteiger partial charge in [0.15, 0.2) is 5.78 Å². The molecule has 1 saturated carbocycles. The van der Waals surface area contributed by atoms with Gasteiger partial charge in [0, 0.05) is 5.92 Å². The highest BCUT2D eigenvalue weighted by Gasteiger charge is 2.33. The lowest BCUT2D eigenvalue weighted by Gasteiger charge is -2.38. The second-order valence-electron chi connectivity index (χ2n) is 5.49. The Labute approximate surface area is 98.6 Å². The molecular formula is C13H23ClO. The molecule has 0 aromatic heterocycles. The molecule has 0 aliphatic heterocycles. The Morgan fingerprint density at radius 3 is 2.20 bits per heavy atom. The van der Waals surface area contributed by atoms with Crippen LogP contribution in [0.1, 0.15) is 52.9 Å². The smallest absolute Gasteiger partial charge is 0.150 e. The van der Waals surface area contributed by atoms with Gasteiger partial charge in [-0.3, -0.25) is 4.79 Å². The lowest BCUT2D eigenvalue weighted by molar-refractivity contribution is -0.121. The number of ketones is 1. The lowest BCUT2D eigenvalue weighted by atomic mass is 9.67. The van der Waals surface area contributed by atoms with Crippen molar-refractivity contribution in [2.75, 3.05) is 5.88 Å². The molecule has 0 heterocycles. The average molecular weight is 231 g/mol. The van der Waals surface area contributed by atoms with E-state index in [1.54, 1.807) is 0 Å². The number of rotatable bonds is 4. The molecule has 1 rings (SSSR count). The summed E-state index contributed by atoms with van der Waals surface area (Å²) in [5.41, 5.74) is 0.439. The molecule has 0 amide bonds. The van der Waals surface area contributed by atoms with Crippen molar-refractivity contribution in [3.05, 3.63) is 0 Å². The SMILES string of the molecule is CCC(C)(C)C1CCC(C(=O)CCl)CC1. The highest BCUT2D eigenvalue weighted by atomic mass is 35.5. The monoisotopic (exact) mass is 230 g/mol. The standard InChI is InChI=1S/C13H23ClO/c1-4-13(2,3)11-7-5-10(6-8-11)12(15)9-14/h10-11H,4-9H2,1-3H3. The number of hydrogen-bond donors (Lipinski definition) is 0. The summed E-state index contributed by atoms with van der Waals surface area (Å²) in [6, 6.07) is 0. The highest BCUT2D eigenvalue weighted by Crippen LogP contribution is 2.42. The van der Waals surface area contributed by atoms with Gasteiger partial charge in [-0.05, 0) is 37.0 Å². The first-order chi connectivity index (χ1) is 7.01. The van der Waals surface area contributed by atoms with Gasteiger partial charge in [0.2, 0.25) is 0 Å². The number of halogens is 1. The maximum atomic E-state index is 11.5. The molecule has 15 heavy (non-hydrogen) atoms. The first-order valence-corrected chi connectivity index (χ1v) is 6.63. The summed E-state index contributed by atoms with van der Waals surface area (Å²) >= 11 is 5.59. The third-order valence-corrected chi connectivity index (χ3v) is 4.59. The van der Waals surface area contributed by atoms with Gasteiger partial charge in [-0.2, -0.15) is 0 Å². The van der Waals surface area contributed by atoms with Crippen LogP contribution in [0.25, 0.3) is 0 Å². The molecule has 2 heteroatoms. The van der Waals surface area contributed by atoms with Crippen LogP contribution in [0.4, 0.5) is 0 Å². The minimum atomic E-state index is 0.201. The third-order valence-electron chi connectivity index (χ3n) is 4.33. The van der Waals surface area contributed by atoms with E-state index in [0.29, 0.717) is 5.41 Å². The van der Waals surface area contributed by atoms with Crippen LogP contribution in [-0.4, -0.2) is 11.7 Å². The summed E-state index contributed by atoms with van der Waals surface area (Å²) in [4.78, 5) is 11.5. The maximum absolute atomic E-state index is 11.5. The summed E-state index contributed by atoms with van der Waals surface area (Å²) in [7, 11) is 0. The predicted molar refractivity (Wildman–Crippen MR) is 65.2 cm³/mol. The molecule has 0 atom stereocenters. The Morgan fingerprint density at radius 1 is 1.27 bits per heavy atom. The summed E-state index contributed by atoms with van der Waals surface area (Å²) in [5.74, 6) is 1.50. The number of alkyl halides is 1. The van der Waals surface area contributed by atoms with Crippen molar-refractivity contribution in [1.29, 1.82) is 0 Å². The summed E-state index contributed by atoms with van der Waals surface area (Å²) in [6.45, 7) is 6.96. The van der Waals surface area contributed by atoms with E-state index in [1.165, 1.54) is 19.3 Å². The van der Waals surface area contributed by atoms with Crippen LogP contribution in [0, 0.1) is 17.3 Å². The van der Waals surface area contributed by atoms with E-state index in [1.807, 2.05) is 0 Å². The third kappa shape index (κ3) is 3.21. The van der Waals surface area contributed by atoms with Crippen molar-refractivity contribution >= 4 is 17.4 Å². The zero-order valence-corrected chi connectivity index (χ0v) is 10.9. The fourth-order valence-electron chi connectivity index (χ4n) is 2.59. The van der Waals surface area contributed by atoms with Gasteiger partial charge in [0.05, 0.1) is 5.88 Å². The van der Waals surface area contributed by atoms with E-state index in [0.717, 1.165) is 18.8 Å². The highest BCUT2D eigenvalue weighted by molar-refractivity contribution is 6.27. The topological polar surface area (TPSA) is 17.1 Å². The van der Waals surface area contributed by atoms with Gasteiger partial charge in [-0.25, -0.2) is 0 Å². The zero-order valence-electron chi connectivity index (χ0n) is 10.2. The molecule has 1 aliphatic rings. The summed E-state index contributed by atoms with van der Waals surface area (Å²) < 4.78 is 0. The average Bonchev–Trinajstić information content (AvgIpc) is 2.28. The normalized spacial score (nSPS) is 27.7. The van der Waals surface area contributed by atoms with Gasteiger partial charge < -0.3 is 0 Å². The van der Waals surface area contributed by atoms with Crippen molar-refractivity contribution < 1.29 is 4.79 Å². The van der Waals surface area contributed by atoms with Gasteiger partial charge in [-0.1, -0.05) is 27.2 Å². The molecular weight excluding hydrogens is 208 g/mol. The molecule has 1 nitrogen and oxygen atoms in total. The Bertz CT molecular complexity index is 215. The van der Waals surface area contributed by atoms with Crippen LogP contribution in [0.2, 0.25) is 0 Å². The largest absolute Gasteiger partial charge is 0.298 e. The molecule has 1 fully saturated rings. The van der Waals surface area contributed by atoms with Gasteiger partial charge in [-0.15, -0.1) is 11.6 Å². The van der Waals surface area contributed by atoms with Crippen LogP contribution < -0.4 is 0 Å². The van der Waals surface area contributed by atoms with E-state index < -0.39 is 0 Å². The maximum Gasteiger partial charge on any atom is 0.150 e. The minimum Gasteiger partial charge on any atom is -0.298 e. The van der Waals surface area contributed by atoms with E-state index in [-0.39, 0.29) is 17.6 Å². The van der Waals surface area contributed by atoms with E-state index >= 15 is 0 Å². The van der Waals surface area contributed by atoms with Crippen molar-refractivity contribution in [2.45, 2.75) is 52.9 Å². The molecule has 0 unspecified atom stereocenters. The van der Waals surface area contributed by atoms with E-state index in [2.05, 4.69) is 20.8 Å². The summed E-state index contributed by atoms with van der Waals surface area (Å²) in [6.07, 6.45) is 5.74. The van der Waals surface area contributed by atoms with E-state index in [9.17, 15) is 4.79 Å². The number of carbonyl (C=O) groups excluding carboxylic acids is 1. The lowest BCUT2D eigenvalue weighted by Crippen LogP contribution is -2.30. The van der Waals surface area contributed by atoms with Gasteiger partial charge in [0.1, 0.15) is 0 Å². The number of Topliss-reactive ketones (excluding diaryl/α,β-unsaturated/α-hetero) is 1. The van der Waals surface area contributed by atoms with Crippen LogP contribution in [0.15, 0.2) is 0 Å². The summed E-state index contributed by atoms with van der Waals surface area (Å²) in [5, 5.41) is 0. The molecule has 0 aromatic rings. The molecule has 0 aromatic carbocycles. The molecule has 0 saturated heterocycles. The Kier molecular flexibility index (Phi) is 4.64. The fourth-order valence-corrected chi connectivity index (χ4v) is 2.81. The first kappa shape index (κ1) is 13.0. The predicted octanol–water partition coefficient (Wildman–Crippen LogP) is 4.04. The quantitative estimate of drug-likeness (QED) is 0.667. The number of carbonyl (C=O) groups is 1. The van der Waals surface area contributed by atoms with Crippen LogP contribution in [0.3, 0.4) is 0 Å². The molecule has 1 aliphatic carbocycles. The van der Waals surface area contributed by atoms with Crippen LogP contribution in [0.5, 0.6) is 0 Å². The second-order valence-corrected chi connectivity index (χ2v) is 5.76.